The molecule has 9 nitrogen and oxygen atoms in total. The van der Waals surface area contributed by atoms with Gasteiger partial charge in [-0.1, -0.05) is 193 Å². The summed E-state index contributed by atoms with van der Waals surface area (Å²) in [5.74, 6) is -0.790. The molecule has 0 heterocycles. The molecule has 0 aliphatic heterocycles. The highest BCUT2D eigenvalue weighted by Crippen LogP contribution is 2.43. The van der Waals surface area contributed by atoms with Crippen LogP contribution in [0.5, 0.6) is 0 Å². The Labute approximate surface area is 358 Å². The Bertz CT molecular complexity index is 1000. The number of unbranched alkanes of at least 4 members (excludes halogenated alkanes) is 29. The maximum absolute atomic E-state index is 12.7. The zero-order valence-electron chi connectivity index (χ0n) is 38.8. The number of esters is 2. The Morgan fingerprint density at radius 1 is 0.517 bits per heavy atom. The summed E-state index contributed by atoms with van der Waals surface area (Å²) in [6, 6.07) is 0. The zero-order chi connectivity index (χ0) is 42.8. The number of likely N-dealkylation sites (N-methyl/N-ethyl adjacent to an activating group) is 1. The van der Waals surface area contributed by atoms with Gasteiger partial charge in [0.1, 0.15) is 19.8 Å². The minimum absolute atomic E-state index is 0.0342. The Morgan fingerprint density at radius 3 is 1.28 bits per heavy atom. The minimum Gasteiger partial charge on any atom is -0.462 e. The predicted octanol–water partition coefficient (Wildman–Crippen LogP) is 14.1. The molecule has 0 amide bonds. The largest absolute Gasteiger partial charge is 0.472 e. The Morgan fingerprint density at radius 2 is 0.879 bits per heavy atom. The molecule has 0 aliphatic carbocycles. The molecule has 58 heavy (non-hydrogen) atoms. The number of rotatable bonds is 45. The second kappa shape index (κ2) is 41.1. The van der Waals surface area contributed by atoms with Gasteiger partial charge in [-0.25, -0.2) is 4.57 Å². The van der Waals surface area contributed by atoms with Gasteiger partial charge in [0.15, 0.2) is 6.10 Å². The Balaban J connectivity index is 4.27. The van der Waals surface area contributed by atoms with Crippen LogP contribution in [0.15, 0.2) is 12.2 Å². The smallest absolute Gasteiger partial charge is 0.462 e. The first kappa shape index (κ1) is 56.8. The van der Waals surface area contributed by atoms with E-state index in [1.165, 1.54) is 154 Å². The number of carbonyl (C=O) groups is 2. The van der Waals surface area contributed by atoms with E-state index < -0.39 is 26.5 Å². The number of quaternary nitrogens is 1. The number of phosphoric acid groups is 1. The molecular formula is C48H95NO8P+. The molecule has 0 saturated heterocycles. The summed E-state index contributed by atoms with van der Waals surface area (Å²) >= 11 is 0. The van der Waals surface area contributed by atoms with Crippen LogP contribution in [-0.4, -0.2) is 74.9 Å². The normalized spacial score (nSPS) is 13.6. The van der Waals surface area contributed by atoms with Crippen molar-refractivity contribution in [2.45, 2.75) is 238 Å². The van der Waals surface area contributed by atoms with Crippen molar-refractivity contribution in [3.05, 3.63) is 12.2 Å². The number of nitrogens with zero attached hydrogens (tertiary/aromatic N) is 1. The fourth-order valence-electron chi connectivity index (χ4n) is 6.95. The minimum atomic E-state index is -4.37. The van der Waals surface area contributed by atoms with E-state index in [0.717, 1.165) is 44.9 Å². The standard InChI is InChI=1S/C48H94NO8P/c1-6-8-10-12-14-16-18-20-22-24-26-28-30-32-34-36-38-40-47(50)54-44-46(45-56-58(52,53)55-43-42-49(3,4)5)57-48(51)41-39-37-35-33-31-29-27-25-23-21-19-17-15-13-11-9-7-2/h21,23,46H,6-20,22,24-45H2,1-5H3/p+1/b23-21+/t46-/m1/s1. The third kappa shape index (κ3) is 44.3. The average Bonchev–Trinajstić information content (AvgIpc) is 3.17. The molecule has 0 aromatic carbocycles. The molecule has 1 N–H and O–H groups in total. The topological polar surface area (TPSA) is 108 Å². The van der Waals surface area contributed by atoms with Gasteiger partial charge in [-0.15, -0.1) is 0 Å². The maximum Gasteiger partial charge on any atom is 0.472 e. The number of carbonyl (C=O) groups excluding carboxylic acids is 2. The molecule has 2 atom stereocenters. The lowest BCUT2D eigenvalue weighted by molar-refractivity contribution is -0.870. The molecule has 0 aromatic heterocycles. The molecular weight excluding hydrogens is 750 g/mol. The second-order valence-electron chi connectivity index (χ2n) is 17.9. The van der Waals surface area contributed by atoms with Gasteiger partial charge in [-0.05, 0) is 38.5 Å². The summed E-state index contributed by atoms with van der Waals surface area (Å²) in [5, 5.41) is 0. The fourth-order valence-corrected chi connectivity index (χ4v) is 7.69. The molecule has 0 bridgehead atoms. The monoisotopic (exact) mass is 845 g/mol. The van der Waals surface area contributed by atoms with Gasteiger partial charge in [0.25, 0.3) is 0 Å². The molecule has 1 unspecified atom stereocenters. The van der Waals surface area contributed by atoms with Gasteiger partial charge in [0, 0.05) is 12.8 Å². The Kier molecular flexibility index (Phi) is 40.2. The SMILES string of the molecule is CCCCCCCC/C=C/CCCCCCCCCC(=O)O[C@H](COC(=O)CCCCCCCCCCCCCCCCCCC)COP(=O)(O)OCC[N+](C)(C)C. The van der Waals surface area contributed by atoms with Crippen molar-refractivity contribution in [1.82, 2.24) is 0 Å². The first-order valence-electron chi connectivity index (χ1n) is 24.4. The first-order chi connectivity index (χ1) is 28.0. The maximum atomic E-state index is 12.7. The predicted molar refractivity (Wildman–Crippen MR) is 243 cm³/mol. The summed E-state index contributed by atoms with van der Waals surface area (Å²) in [5.41, 5.74) is 0. The number of hydrogen-bond donors (Lipinski definition) is 1. The summed E-state index contributed by atoms with van der Waals surface area (Å²) < 4.78 is 34.4. The van der Waals surface area contributed by atoms with E-state index in [1.54, 1.807) is 0 Å². The molecule has 344 valence electrons. The van der Waals surface area contributed by atoms with Crippen LogP contribution in [0, 0.1) is 0 Å². The molecule has 0 aliphatic rings. The fraction of sp³-hybridized carbons (Fsp3) is 0.917. The zero-order valence-corrected chi connectivity index (χ0v) is 39.7. The van der Waals surface area contributed by atoms with Gasteiger partial charge in [0.05, 0.1) is 27.7 Å². The highest BCUT2D eigenvalue weighted by molar-refractivity contribution is 7.47. The van der Waals surface area contributed by atoms with Crippen LogP contribution in [0.3, 0.4) is 0 Å². The van der Waals surface area contributed by atoms with Crippen molar-refractivity contribution in [3.8, 4) is 0 Å². The number of ether oxygens (including phenoxy) is 2. The molecule has 0 saturated carbocycles. The van der Waals surface area contributed by atoms with Gasteiger partial charge < -0.3 is 18.9 Å². The second-order valence-corrected chi connectivity index (χ2v) is 19.3. The van der Waals surface area contributed by atoms with Crippen LogP contribution in [-0.2, 0) is 32.7 Å². The van der Waals surface area contributed by atoms with E-state index in [-0.39, 0.29) is 25.6 Å². The van der Waals surface area contributed by atoms with Crippen LogP contribution >= 0.6 is 7.82 Å². The van der Waals surface area contributed by atoms with Crippen molar-refractivity contribution in [2.75, 3.05) is 47.5 Å². The van der Waals surface area contributed by atoms with E-state index >= 15 is 0 Å². The third-order valence-corrected chi connectivity index (χ3v) is 11.8. The van der Waals surface area contributed by atoms with Crippen molar-refractivity contribution >= 4 is 19.8 Å². The van der Waals surface area contributed by atoms with Crippen molar-refractivity contribution < 1.29 is 42.1 Å². The lowest BCUT2D eigenvalue weighted by Gasteiger charge is -2.24. The van der Waals surface area contributed by atoms with Crippen molar-refractivity contribution in [2.24, 2.45) is 0 Å². The highest BCUT2D eigenvalue weighted by Gasteiger charge is 2.27. The molecule has 0 radical (unpaired) electrons. The number of phosphoric ester groups is 1. The van der Waals surface area contributed by atoms with Gasteiger partial charge in [-0.3, -0.25) is 18.6 Å². The van der Waals surface area contributed by atoms with Crippen LogP contribution in [0.1, 0.15) is 232 Å². The van der Waals surface area contributed by atoms with E-state index in [4.69, 9.17) is 18.5 Å². The van der Waals surface area contributed by atoms with Crippen molar-refractivity contribution in [3.63, 3.8) is 0 Å². The molecule has 0 rings (SSSR count). The molecule has 0 aromatic rings. The first-order valence-corrected chi connectivity index (χ1v) is 25.9. The van der Waals surface area contributed by atoms with Crippen molar-refractivity contribution in [1.29, 1.82) is 0 Å². The average molecular weight is 845 g/mol. The quantitative estimate of drug-likeness (QED) is 0.0212. The molecule has 0 spiro atoms. The van der Waals surface area contributed by atoms with Crippen LogP contribution in [0.4, 0.5) is 0 Å². The Hall–Kier alpha value is -1.25. The summed E-state index contributed by atoms with van der Waals surface area (Å²) in [7, 11) is 1.49. The van der Waals surface area contributed by atoms with E-state index in [9.17, 15) is 19.0 Å². The van der Waals surface area contributed by atoms with Crippen LogP contribution < -0.4 is 0 Å². The molecule has 10 heteroatoms. The lowest BCUT2D eigenvalue weighted by Crippen LogP contribution is -2.37. The highest BCUT2D eigenvalue weighted by atomic mass is 31.2. The van der Waals surface area contributed by atoms with Crippen LogP contribution in [0.2, 0.25) is 0 Å². The third-order valence-electron chi connectivity index (χ3n) is 10.8. The van der Waals surface area contributed by atoms with E-state index in [2.05, 4.69) is 26.0 Å². The van der Waals surface area contributed by atoms with Crippen LogP contribution in [0.25, 0.3) is 0 Å². The summed E-state index contributed by atoms with van der Waals surface area (Å²) in [6.45, 7) is 4.45. The van der Waals surface area contributed by atoms with Gasteiger partial charge in [-0.2, -0.15) is 0 Å². The lowest BCUT2D eigenvalue weighted by atomic mass is 10.0. The van der Waals surface area contributed by atoms with Gasteiger partial charge in [0.2, 0.25) is 0 Å². The van der Waals surface area contributed by atoms with E-state index in [0.29, 0.717) is 23.9 Å². The summed E-state index contributed by atoms with van der Waals surface area (Å²) in [6.07, 6.45) is 43.9. The van der Waals surface area contributed by atoms with E-state index in [1.807, 2.05) is 21.1 Å². The van der Waals surface area contributed by atoms with Gasteiger partial charge >= 0.3 is 19.8 Å². The number of hydrogen-bond acceptors (Lipinski definition) is 7. The number of allylic oxidation sites excluding steroid dienone is 2. The summed E-state index contributed by atoms with van der Waals surface area (Å²) in [4.78, 5) is 35.5. The molecule has 0 fully saturated rings.